The van der Waals surface area contributed by atoms with Crippen LogP contribution in [0.4, 0.5) is 5.82 Å². The third-order valence-corrected chi connectivity index (χ3v) is 3.62. The summed E-state index contributed by atoms with van der Waals surface area (Å²) in [6.45, 7) is 0.859. The maximum Gasteiger partial charge on any atom is 0.133 e. The maximum atomic E-state index is 9.31. The first-order chi connectivity index (χ1) is 8.10. The average Bonchev–Trinajstić information content (AvgIpc) is 2.26. The van der Waals surface area contributed by atoms with Gasteiger partial charge in [0.2, 0.25) is 0 Å². The van der Waals surface area contributed by atoms with E-state index >= 15 is 0 Å². The molecule has 17 heavy (non-hydrogen) atoms. The van der Waals surface area contributed by atoms with Gasteiger partial charge in [0.05, 0.1) is 12.7 Å². The predicted octanol–water partition coefficient (Wildman–Crippen LogP) is 1.54. The lowest BCUT2D eigenvalue weighted by Crippen LogP contribution is -2.37. The Kier molecular flexibility index (Phi) is 4.01. The number of anilines is 1. The summed E-state index contributed by atoms with van der Waals surface area (Å²) in [6, 6.07) is 1.88. The van der Waals surface area contributed by atoms with Crippen molar-refractivity contribution in [1.82, 2.24) is 4.98 Å². The molecular weight excluding hydrogens is 284 g/mol. The van der Waals surface area contributed by atoms with Crippen molar-refractivity contribution in [1.29, 1.82) is 0 Å². The molecule has 0 bridgehead atoms. The van der Waals surface area contributed by atoms with E-state index in [1.165, 1.54) is 0 Å². The van der Waals surface area contributed by atoms with Gasteiger partial charge in [-0.1, -0.05) is 0 Å². The number of nitrogens with zero attached hydrogens (tertiary/aromatic N) is 2. The summed E-state index contributed by atoms with van der Waals surface area (Å²) in [6.07, 6.45) is 3.36. The van der Waals surface area contributed by atoms with Gasteiger partial charge in [-0.25, -0.2) is 4.98 Å². The molecule has 1 fully saturated rings. The lowest BCUT2D eigenvalue weighted by Gasteiger charge is -2.35. The van der Waals surface area contributed by atoms with Gasteiger partial charge in [0.25, 0.3) is 0 Å². The number of aliphatic hydroxyl groups is 2. The SMILES string of the molecule is CN(CC1CC(O)C1)c1ncc(Br)cc1CO. The first kappa shape index (κ1) is 12.8. The van der Waals surface area contributed by atoms with E-state index in [1.807, 2.05) is 13.1 Å². The molecule has 2 rings (SSSR count). The topological polar surface area (TPSA) is 56.6 Å². The van der Waals surface area contributed by atoms with Crippen LogP contribution < -0.4 is 4.90 Å². The van der Waals surface area contributed by atoms with E-state index in [4.69, 9.17) is 0 Å². The average molecular weight is 301 g/mol. The van der Waals surface area contributed by atoms with Crippen LogP contribution in [0.1, 0.15) is 18.4 Å². The summed E-state index contributed by atoms with van der Waals surface area (Å²) < 4.78 is 0.873. The van der Waals surface area contributed by atoms with Gasteiger partial charge in [-0.3, -0.25) is 0 Å². The van der Waals surface area contributed by atoms with Crippen molar-refractivity contribution in [3.05, 3.63) is 22.3 Å². The Morgan fingerprint density at radius 3 is 2.82 bits per heavy atom. The van der Waals surface area contributed by atoms with Gasteiger partial charge in [-0.15, -0.1) is 0 Å². The van der Waals surface area contributed by atoms with Gasteiger partial charge in [-0.05, 0) is 40.8 Å². The molecule has 0 aliphatic heterocycles. The second kappa shape index (κ2) is 5.33. The van der Waals surface area contributed by atoms with Crippen molar-refractivity contribution in [3.63, 3.8) is 0 Å². The highest BCUT2D eigenvalue weighted by Crippen LogP contribution is 2.29. The van der Waals surface area contributed by atoms with Crippen molar-refractivity contribution in [2.45, 2.75) is 25.6 Å². The van der Waals surface area contributed by atoms with E-state index in [0.717, 1.165) is 35.2 Å². The highest BCUT2D eigenvalue weighted by atomic mass is 79.9. The van der Waals surface area contributed by atoms with Crippen LogP contribution in [0.3, 0.4) is 0 Å². The van der Waals surface area contributed by atoms with Crippen LogP contribution in [0, 0.1) is 5.92 Å². The molecule has 2 N–H and O–H groups in total. The van der Waals surface area contributed by atoms with Crippen LogP contribution in [0.2, 0.25) is 0 Å². The smallest absolute Gasteiger partial charge is 0.133 e. The number of hydrogen-bond donors (Lipinski definition) is 2. The molecule has 1 aliphatic carbocycles. The standard InChI is InChI=1S/C12H17BrN2O2/c1-15(6-8-2-11(17)3-8)12-9(7-16)4-10(13)5-14-12/h4-5,8,11,16-17H,2-3,6-7H2,1H3. The second-order valence-corrected chi connectivity index (χ2v) is 5.58. The van der Waals surface area contributed by atoms with Crippen molar-refractivity contribution in [3.8, 4) is 0 Å². The van der Waals surface area contributed by atoms with Gasteiger partial charge >= 0.3 is 0 Å². The molecule has 1 aliphatic rings. The van der Waals surface area contributed by atoms with Crippen LogP contribution in [-0.4, -0.2) is 34.9 Å². The van der Waals surface area contributed by atoms with Crippen LogP contribution >= 0.6 is 15.9 Å². The van der Waals surface area contributed by atoms with Gasteiger partial charge in [-0.2, -0.15) is 0 Å². The summed E-state index contributed by atoms with van der Waals surface area (Å²) in [4.78, 5) is 6.39. The fraction of sp³-hybridized carbons (Fsp3) is 0.583. The largest absolute Gasteiger partial charge is 0.393 e. The third kappa shape index (κ3) is 2.97. The number of rotatable bonds is 4. The molecule has 0 saturated heterocycles. The minimum absolute atomic E-state index is 0.0145. The molecular formula is C12H17BrN2O2. The zero-order chi connectivity index (χ0) is 12.4. The molecule has 0 spiro atoms. The lowest BCUT2D eigenvalue weighted by atomic mass is 9.82. The van der Waals surface area contributed by atoms with Gasteiger partial charge in [0.15, 0.2) is 0 Å². The van der Waals surface area contributed by atoms with Gasteiger partial charge < -0.3 is 15.1 Å². The number of pyridine rings is 1. The zero-order valence-electron chi connectivity index (χ0n) is 9.80. The quantitative estimate of drug-likeness (QED) is 0.886. The molecule has 1 saturated carbocycles. The normalized spacial score (nSPS) is 23.3. The predicted molar refractivity (Wildman–Crippen MR) is 69.9 cm³/mol. The van der Waals surface area contributed by atoms with E-state index in [1.54, 1.807) is 6.20 Å². The van der Waals surface area contributed by atoms with Gasteiger partial charge in [0, 0.05) is 29.8 Å². The summed E-state index contributed by atoms with van der Waals surface area (Å²) in [5.41, 5.74) is 0.821. The van der Waals surface area contributed by atoms with Crippen LogP contribution in [0.15, 0.2) is 16.7 Å². The number of aromatic nitrogens is 1. The van der Waals surface area contributed by atoms with Crippen molar-refractivity contribution in [2.75, 3.05) is 18.5 Å². The molecule has 1 aromatic rings. The molecule has 4 nitrogen and oxygen atoms in total. The second-order valence-electron chi connectivity index (χ2n) is 4.67. The van der Waals surface area contributed by atoms with Crippen LogP contribution in [-0.2, 0) is 6.61 Å². The van der Waals surface area contributed by atoms with Crippen molar-refractivity contribution in [2.24, 2.45) is 5.92 Å². The van der Waals surface area contributed by atoms with E-state index in [9.17, 15) is 10.2 Å². The maximum absolute atomic E-state index is 9.31. The number of hydrogen-bond acceptors (Lipinski definition) is 4. The number of aliphatic hydroxyl groups excluding tert-OH is 2. The summed E-state index contributed by atoms with van der Waals surface area (Å²) in [5.74, 6) is 1.35. The minimum Gasteiger partial charge on any atom is -0.393 e. The summed E-state index contributed by atoms with van der Waals surface area (Å²) >= 11 is 3.34. The van der Waals surface area contributed by atoms with Gasteiger partial charge in [0.1, 0.15) is 5.82 Å². The molecule has 0 aromatic carbocycles. The molecule has 0 amide bonds. The zero-order valence-corrected chi connectivity index (χ0v) is 11.4. The minimum atomic E-state index is -0.122. The molecule has 0 radical (unpaired) electrons. The van der Waals surface area contributed by atoms with Crippen LogP contribution in [0.25, 0.3) is 0 Å². The first-order valence-corrected chi connectivity index (χ1v) is 6.54. The Bertz CT molecular complexity index is 394. The fourth-order valence-electron chi connectivity index (χ4n) is 2.26. The highest BCUT2D eigenvalue weighted by Gasteiger charge is 2.28. The van der Waals surface area contributed by atoms with Crippen LogP contribution in [0.5, 0.6) is 0 Å². The molecule has 0 unspecified atom stereocenters. The molecule has 1 heterocycles. The molecule has 5 heteroatoms. The monoisotopic (exact) mass is 300 g/mol. The number of halogens is 1. The van der Waals surface area contributed by atoms with Crippen molar-refractivity contribution >= 4 is 21.7 Å². The molecule has 1 aromatic heterocycles. The summed E-state index contributed by atoms with van der Waals surface area (Å²) in [5, 5.41) is 18.6. The Balaban J connectivity index is 2.05. The van der Waals surface area contributed by atoms with E-state index in [2.05, 4.69) is 25.8 Å². The molecule has 94 valence electrons. The van der Waals surface area contributed by atoms with E-state index < -0.39 is 0 Å². The Labute approximate surface area is 109 Å². The fourth-order valence-corrected chi connectivity index (χ4v) is 2.64. The Hall–Kier alpha value is -0.650. The highest BCUT2D eigenvalue weighted by molar-refractivity contribution is 9.10. The Morgan fingerprint density at radius 2 is 2.24 bits per heavy atom. The Morgan fingerprint density at radius 1 is 1.53 bits per heavy atom. The van der Waals surface area contributed by atoms with E-state index in [0.29, 0.717) is 5.92 Å². The molecule has 0 atom stereocenters. The van der Waals surface area contributed by atoms with Crippen molar-refractivity contribution < 1.29 is 10.2 Å². The lowest BCUT2D eigenvalue weighted by molar-refractivity contribution is 0.0464. The van der Waals surface area contributed by atoms with E-state index in [-0.39, 0.29) is 12.7 Å². The summed E-state index contributed by atoms with van der Waals surface area (Å²) in [7, 11) is 1.97. The first-order valence-electron chi connectivity index (χ1n) is 5.74. The third-order valence-electron chi connectivity index (χ3n) is 3.18.